The van der Waals surface area contributed by atoms with Crippen LogP contribution >= 0.6 is 0 Å². The second kappa shape index (κ2) is 15.0. The van der Waals surface area contributed by atoms with Gasteiger partial charge in [-0.2, -0.15) is 0 Å². The van der Waals surface area contributed by atoms with E-state index in [0.29, 0.717) is 0 Å². The van der Waals surface area contributed by atoms with Gasteiger partial charge in [0.25, 0.3) is 0 Å². The predicted molar refractivity (Wildman–Crippen MR) is 287 cm³/mol. The molecule has 0 atom stereocenters. The van der Waals surface area contributed by atoms with Crippen molar-refractivity contribution in [2.24, 2.45) is 0 Å². The second-order valence-corrected chi connectivity index (χ2v) is 22.7. The van der Waals surface area contributed by atoms with Crippen molar-refractivity contribution in [3.05, 3.63) is 198 Å². The molecule has 0 unspecified atom stereocenters. The van der Waals surface area contributed by atoms with Crippen LogP contribution in [-0.4, -0.2) is 6.85 Å². The molecule has 0 fully saturated rings. The molecule has 8 aromatic carbocycles. The highest BCUT2D eigenvalue weighted by Crippen LogP contribution is 2.54. The van der Waals surface area contributed by atoms with Gasteiger partial charge in [0.1, 0.15) is 0 Å². The average molecular weight is 869 g/mol. The van der Waals surface area contributed by atoms with Crippen molar-refractivity contribution >= 4 is 46.2 Å². The van der Waals surface area contributed by atoms with Gasteiger partial charge in [0.15, 0.2) is 0 Å². The van der Waals surface area contributed by atoms with Crippen LogP contribution in [-0.2, 0) is 21.7 Å². The molecule has 0 aromatic heterocycles. The molecule has 0 bridgehead atoms. The van der Waals surface area contributed by atoms with Crippen LogP contribution in [0.3, 0.4) is 0 Å². The van der Waals surface area contributed by atoms with E-state index in [1.807, 2.05) is 0 Å². The second-order valence-electron chi connectivity index (χ2n) is 22.7. The molecule has 2 heterocycles. The lowest BCUT2D eigenvalue weighted by molar-refractivity contribution is 0.332. The topological polar surface area (TPSA) is 6.48 Å². The minimum absolute atomic E-state index is 0.0314. The molecule has 0 saturated heterocycles. The Hall–Kier alpha value is -6.58. The normalized spacial score (nSPS) is 17.7. The fourth-order valence-electron chi connectivity index (χ4n) is 12.4. The first-order valence-electron chi connectivity index (χ1n) is 24.7. The first-order valence-corrected chi connectivity index (χ1v) is 24.7. The van der Waals surface area contributed by atoms with Crippen molar-refractivity contribution in [2.75, 3.05) is 9.71 Å². The maximum absolute atomic E-state index is 2.75. The zero-order chi connectivity index (χ0) is 46.0. The Morgan fingerprint density at radius 1 is 0.343 bits per heavy atom. The van der Waals surface area contributed by atoms with Crippen LogP contribution in [0.25, 0.3) is 44.5 Å². The molecule has 2 aliphatic carbocycles. The number of anilines is 5. The van der Waals surface area contributed by atoms with E-state index in [0.717, 1.165) is 12.8 Å². The van der Waals surface area contributed by atoms with Crippen LogP contribution < -0.4 is 20.6 Å². The van der Waals surface area contributed by atoms with Crippen LogP contribution in [0.1, 0.15) is 103 Å². The molecule has 8 aromatic rings. The highest BCUT2D eigenvalue weighted by atomic mass is 15.2. The Bertz CT molecular complexity index is 3230. The van der Waals surface area contributed by atoms with Crippen LogP contribution in [0.15, 0.2) is 176 Å². The summed E-state index contributed by atoms with van der Waals surface area (Å²) in [5.41, 5.74) is 25.1. The zero-order valence-electron chi connectivity index (χ0n) is 40.5. The molecule has 330 valence electrons. The number of rotatable bonds is 5. The SMILES string of the molecule is CC1(C)CCC(C)(C)c2cc(N3B4c5cc6c(cc5N(c5ccc(-c7ccccc7)cc5)c5cc(-c7ccccc7)cc(c54)-c4cc(-c5ccccc5)ccc43)C(C)(C)CCC6(C)C)ccc21. The fraction of sp³-hybridized carbons (Fsp3) is 0.250. The van der Waals surface area contributed by atoms with E-state index in [4.69, 9.17) is 0 Å². The molecular formula is C64H61BN2. The zero-order valence-corrected chi connectivity index (χ0v) is 40.5. The van der Waals surface area contributed by atoms with Gasteiger partial charge < -0.3 is 9.71 Å². The average Bonchev–Trinajstić information content (AvgIpc) is 3.35. The minimum Gasteiger partial charge on any atom is -0.376 e. The summed E-state index contributed by atoms with van der Waals surface area (Å²) in [6.45, 7) is 19.6. The summed E-state index contributed by atoms with van der Waals surface area (Å²) in [7, 11) is 0. The quantitative estimate of drug-likeness (QED) is 0.159. The highest BCUT2D eigenvalue weighted by Gasteiger charge is 2.48. The highest BCUT2D eigenvalue weighted by molar-refractivity contribution is 6.93. The Labute approximate surface area is 399 Å². The lowest BCUT2D eigenvalue weighted by Gasteiger charge is -2.49. The van der Waals surface area contributed by atoms with Gasteiger partial charge in [-0.1, -0.05) is 177 Å². The third-order valence-electron chi connectivity index (χ3n) is 16.6. The van der Waals surface area contributed by atoms with Gasteiger partial charge in [0.05, 0.1) is 0 Å². The van der Waals surface area contributed by atoms with Crippen molar-refractivity contribution in [3.63, 3.8) is 0 Å². The van der Waals surface area contributed by atoms with Crippen LogP contribution in [0, 0.1) is 0 Å². The maximum atomic E-state index is 2.75. The number of hydrogen-bond acceptors (Lipinski definition) is 2. The number of benzene rings is 8. The summed E-state index contributed by atoms with van der Waals surface area (Å²) in [5, 5.41) is 0. The van der Waals surface area contributed by atoms with E-state index in [1.54, 1.807) is 0 Å². The summed E-state index contributed by atoms with van der Waals surface area (Å²) in [5.74, 6) is 0. The van der Waals surface area contributed by atoms with Crippen LogP contribution in [0.4, 0.5) is 28.4 Å². The number of hydrogen-bond donors (Lipinski definition) is 0. The van der Waals surface area contributed by atoms with Gasteiger partial charge in [-0.3, -0.25) is 0 Å². The molecule has 2 nitrogen and oxygen atoms in total. The first-order chi connectivity index (χ1) is 32.2. The molecular weight excluding hydrogens is 808 g/mol. The van der Waals surface area contributed by atoms with Crippen LogP contribution in [0.5, 0.6) is 0 Å². The van der Waals surface area contributed by atoms with Gasteiger partial charge in [0.2, 0.25) is 0 Å². The minimum atomic E-state index is -0.0800. The standard InChI is InChI=1S/C64H61BN2/c1-61(2)32-33-62(3,4)53-39-49(29-30-52(53)61)67-57-31-26-46(43-20-14-10-15-21-43)36-50(57)51-37-47(44-22-16-11-17-23-44)38-59-60(51)65(67)56-40-54-55(64(7,8)35-34-63(54,5)6)41-58(56)66(59)48-27-24-45(25-28-48)42-18-12-9-13-19-42/h9-31,36-41H,32-35H2,1-8H3. The van der Waals surface area contributed by atoms with E-state index in [1.165, 1.54) is 119 Å². The van der Waals surface area contributed by atoms with Crippen LogP contribution in [0.2, 0.25) is 0 Å². The van der Waals surface area contributed by atoms with Crippen molar-refractivity contribution < 1.29 is 0 Å². The first kappa shape index (κ1) is 41.8. The molecule has 67 heavy (non-hydrogen) atoms. The van der Waals surface area contributed by atoms with Crippen molar-refractivity contribution in [1.29, 1.82) is 0 Å². The molecule has 0 spiro atoms. The molecule has 3 heteroatoms. The summed E-state index contributed by atoms with van der Waals surface area (Å²) in [4.78, 5) is 5.38. The molecule has 0 amide bonds. The smallest absolute Gasteiger partial charge is 0.333 e. The summed E-state index contributed by atoms with van der Waals surface area (Å²) in [6, 6.07) is 67.2. The third kappa shape index (κ3) is 6.67. The Balaban J connectivity index is 1.20. The largest absolute Gasteiger partial charge is 0.376 e. The van der Waals surface area contributed by atoms with Crippen molar-refractivity contribution in [3.8, 4) is 44.5 Å². The molecule has 0 N–H and O–H groups in total. The molecule has 12 rings (SSSR count). The van der Waals surface area contributed by atoms with Gasteiger partial charge in [-0.25, -0.2) is 0 Å². The maximum Gasteiger partial charge on any atom is 0.333 e. The third-order valence-corrected chi connectivity index (χ3v) is 16.6. The van der Waals surface area contributed by atoms with Gasteiger partial charge in [0, 0.05) is 34.0 Å². The monoisotopic (exact) mass is 868 g/mol. The Morgan fingerprint density at radius 2 is 0.806 bits per heavy atom. The molecule has 0 saturated carbocycles. The number of nitrogens with zero attached hydrogens (tertiary/aromatic N) is 2. The van der Waals surface area contributed by atoms with Gasteiger partial charge in [-0.15, -0.1) is 0 Å². The van der Waals surface area contributed by atoms with Gasteiger partial charge >= 0.3 is 6.85 Å². The fourth-order valence-corrected chi connectivity index (χ4v) is 12.4. The predicted octanol–water partition coefficient (Wildman–Crippen LogP) is 16.1. The van der Waals surface area contributed by atoms with E-state index in [9.17, 15) is 0 Å². The van der Waals surface area contributed by atoms with Crippen molar-refractivity contribution in [2.45, 2.75) is 103 Å². The summed E-state index contributed by atoms with van der Waals surface area (Å²) < 4.78 is 0. The Morgan fingerprint density at radius 3 is 1.40 bits per heavy atom. The molecule has 2 aliphatic heterocycles. The van der Waals surface area contributed by atoms with E-state index in [2.05, 4.69) is 241 Å². The lowest BCUT2D eigenvalue weighted by Crippen LogP contribution is -2.62. The van der Waals surface area contributed by atoms with E-state index in [-0.39, 0.29) is 28.5 Å². The molecule has 0 radical (unpaired) electrons. The number of fused-ring (bicyclic) bond motifs is 6. The summed E-state index contributed by atoms with van der Waals surface area (Å²) >= 11 is 0. The Kier molecular flexibility index (Phi) is 9.34. The van der Waals surface area contributed by atoms with E-state index < -0.39 is 0 Å². The van der Waals surface area contributed by atoms with Crippen molar-refractivity contribution in [1.82, 2.24) is 0 Å². The van der Waals surface area contributed by atoms with E-state index >= 15 is 0 Å². The molecule has 4 aliphatic rings. The lowest BCUT2D eigenvalue weighted by atomic mass is 9.42. The van der Waals surface area contributed by atoms with Gasteiger partial charge in [-0.05, 0) is 174 Å². The summed E-state index contributed by atoms with van der Waals surface area (Å²) in [6.07, 6.45) is 4.68.